The zero-order chi connectivity index (χ0) is 28.1. The highest BCUT2D eigenvalue weighted by Gasteiger charge is 2.37. The lowest BCUT2D eigenvalue weighted by atomic mass is 9.97. The van der Waals surface area contributed by atoms with Gasteiger partial charge in [-0.15, -0.1) is 10.2 Å². The summed E-state index contributed by atoms with van der Waals surface area (Å²) in [7, 11) is 1.30. The molecule has 200 valence electrons. The molecule has 0 aliphatic carbocycles. The molecule has 5 rings (SSSR count). The van der Waals surface area contributed by atoms with E-state index in [1.54, 1.807) is 18.3 Å². The third-order valence-corrected chi connectivity index (χ3v) is 6.27. The van der Waals surface area contributed by atoms with Gasteiger partial charge in [0.05, 0.1) is 11.1 Å². The minimum atomic E-state index is -5.00. The predicted molar refractivity (Wildman–Crippen MR) is 131 cm³/mol. The zero-order valence-electron chi connectivity index (χ0n) is 20.5. The lowest BCUT2D eigenvalue weighted by Gasteiger charge is -2.22. The van der Waals surface area contributed by atoms with E-state index in [0.717, 1.165) is 10.5 Å². The fraction of sp³-hybridized carbons (Fsp3) is 0.185. The summed E-state index contributed by atoms with van der Waals surface area (Å²) < 4.78 is 81.7. The van der Waals surface area contributed by atoms with Crippen LogP contribution < -0.4 is 0 Å². The van der Waals surface area contributed by atoms with Gasteiger partial charge in [0.25, 0.3) is 5.91 Å². The van der Waals surface area contributed by atoms with Gasteiger partial charge in [-0.05, 0) is 42.3 Å². The monoisotopic (exact) mass is 543 g/mol. The Kier molecular flexibility index (Phi) is 6.28. The van der Waals surface area contributed by atoms with E-state index in [4.69, 9.17) is 0 Å². The van der Waals surface area contributed by atoms with Crippen LogP contribution in [0.15, 0.2) is 67.1 Å². The maximum Gasteiger partial charge on any atom is 0.416 e. The second-order valence-corrected chi connectivity index (χ2v) is 9.09. The fourth-order valence-corrected chi connectivity index (χ4v) is 4.45. The number of carbonyl (C=O) groups is 1. The van der Waals surface area contributed by atoms with Crippen LogP contribution in [-0.4, -0.2) is 37.4 Å². The Hall–Kier alpha value is -4.48. The van der Waals surface area contributed by atoms with Crippen molar-refractivity contribution in [1.82, 2.24) is 24.5 Å². The third kappa shape index (κ3) is 4.89. The molecule has 2 aromatic carbocycles. The number of carbonyl (C=O) groups excluding carboxylic acids is 1. The molecule has 0 saturated heterocycles. The largest absolute Gasteiger partial charge is 0.416 e. The summed E-state index contributed by atoms with van der Waals surface area (Å²) >= 11 is 0. The van der Waals surface area contributed by atoms with Crippen LogP contribution in [0.3, 0.4) is 0 Å². The van der Waals surface area contributed by atoms with Crippen LogP contribution in [-0.2, 0) is 18.9 Å². The molecule has 0 radical (unpaired) electrons. The van der Waals surface area contributed by atoms with Gasteiger partial charge in [-0.3, -0.25) is 14.2 Å². The van der Waals surface area contributed by atoms with Crippen LogP contribution in [0.1, 0.15) is 32.7 Å². The highest BCUT2D eigenvalue weighted by molar-refractivity contribution is 6.11. The van der Waals surface area contributed by atoms with Gasteiger partial charge in [0.15, 0.2) is 5.65 Å². The number of benzene rings is 2. The molecule has 12 heteroatoms. The summed E-state index contributed by atoms with van der Waals surface area (Å²) in [6, 6.07) is 12.0. The molecule has 0 atom stereocenters. The van der Waals surface area contributed by atoms with Gasteiger partial charge in [0.1, 0.15) is 17.5 Å². The number of rotatable bonds is 4. The Labute approximate surface area is 217 Å². The van der Waals surface area contributed by atoms with E-state index in [2.05, 4.69) is 15.2 Å². The highest BCUT2D eigenvalue weighted by Crippen LogP contribution is 2.37. The maximum absolute atomic E-state index is 13.9. The second kappa shape index (κ2) is 9.37. The van der Waals surface area contributed by atoms with Gasteiger partial charge in [0.2, 0.25) is 0 Å². The molecule has 3 heterocycles. The number of aromatic nitrogens is 4. The van der Waals surface area contributed by atoms with Gasteiger partial charge in [-0.2, -0.15) is 26.3 Å². The van der Waals surface area contributed by atoms with Crippen LogP contribution in [0.4, 0.5) is 26.3 Å². The number of amides is 1. The summed E-state index contributed by atoms with van der Waals surface area (Å²) in [5.74, 6) is -0.660. The van der Waals surface area contributed by atoms with Crippen molar-refractivity contribution in [1.29, 1.82) is 0 Å². The average molecular weight is 543 g/mol. The van der Waals surface area contributed by atoms with E-state index in [1.165, 1.54) is 17.8 Å². The number of halogens is 6. The normalized spacial score (nSPS) is 12.3. The molecule has 3 aromatic heterocycles. The van der Waals surface area contributed by atoms with E-state index < -0.39 is 35.9 Å². The second-order valence-electron chi connectivity index (χ2n) is 9.09. The lowest BCUT2D eigenvalue weighted by Crippen LogP contribution is -2.29. The minimum absolute atomic E-state index is 0.0534. The van der Waals surface area contributed by atoms with Crippen LogP contribution in [0.25, 0.3) is 27.7 Å². The summed E-state index contributed by atoms with van der Waals surface area (Å²) in [6.07, 6.45) is -7.13. The number of hydrogen-bond acceptors (Lipinski definition) is 4. The van der Waals surface area contributed by atoms with Gasteiger partial charge < -0.3 is 4.90 Å². The molecule has 0 aliphatic heterocycles. The molecule has 0 aliphatic rings. The number of nitrogens with zero attached hydrogens (tertiary/aromatic N) is 5. The van der Waals surface area contributed by atoms with Gasteiger partial charge in [-0.1, -0.05) is 35.9 Å². The minimum Gasteiger partial charge on any atom is -0.336 e. The first-order chi connectivity index (χ1) is 18.3. The summed E-state index contributed by atoms with van der Waals surface area (Å²) in [6.45, 7) is 1.38. The van der Waals surface area contributed by atoms with Crippen molar-refractivity contribution in [3.8, 4) is 11.1 Å². The number of pyridine rings is 2. The standard InChI is InChI=1S/C27H19F6N5O/c1-15-5-7-17(8-6-15)21-20-4-3-9-34-22(20)24-36-35-14-38(24)23(21)25(39)37(2)13-16-10-18(26(28,29)30)12-19(11-16)27(31,32)33/h3-12,14H,13H2,1-2H3. The topological polar surface area (TPSA) is 63.4 Å². The molecule has 0 spiro atoms. The molecule has 0 bridgehead atoms. The van der Waals surface area contributed by atoms with Crippen molar-refractivity contribution in [2.75, 3.05) is 7.05 Å². The fourth-order valence-electron chi connectivity index (χ4n) is 4.45. The van der Waals surface area contributed by atoms with Gasteiger partial charge in [0, 0.05) is 30.7 Å². The molecule has 0 fully saturated rings. The van der Waals surface area contributed by atoms with Crippen LogP contribution in [0.5, 0.6) is 0 Å². The van der Waals surface area contributed by atoms with Crippen LogP contribution in [0.2, 0.25) is 0 Å². The summed E-state index contributed by atoms with van der Waals surface area (Å²) in [4.78, 5) is 19.4. The third-order valence-electron chi connectivity index (χ3n) is 6.27. The molecule has 39 heavy (non-hydrogen) atoms. The van der Waals surface area contributed by atoms with Crippen LogP contribution in [0, 0.1) is 6.92 Å². The Morgan fingerprint density at radius 1 is 0.949 bits per heavy atom. The van der Waals surface area contributed by atoms with E-state index in [-0.39, 0.29) is 23.0 Å². The van der Waals surface area contributed by atoms with Crippen molar-refractivity contribution in [3.63, 3.8) is 0 Å². The van der Waals surface area contributed by atoms with E-state index in [9.17, 15) is 31.1 Å². The van der Waals surface area contributed by atoms with Crippen molar-refractivity contribution in [3.05, 3.63) is 95.1 Å². The predicted octanol–water partition coefficient (Wildman–Crippen LogP) is 6.56. The first kappa shape index (κ1) is 26.1. The van der Waals surface area contributed by atoms with Crippen molar-refractivity contribution < 1.29 is 31.1 Å². The Bertz CT molecular complexity index is 1670. The summed E-state index contributed by atoms with van der Waals surface area (Å²) in [5.41, 5.74) is -0.294. The Balaban J connectivity index is 1.66. The quantitative estimate of drug-likeness (QED) is 0.241. The molecule has 0 unspecified atom stereocenters. The summed E-state index contributed by atoms with van der Waals surface area (Å²) in [5, 5.41) is 8.59. The smallest absolute Gasteiger partial charge is 0.336 e. The highest BCUT2D eigenvalue weighted by atomic mass is 19.4. The maximum atomic E-state index is 13.9. The number of alkyl halides is 6. The molecular weight excluding hydrogens is 524 g/mol. The van der Waals surface area contributed by atoms with Crippen LogP contribution >= 0.6 is 0 Å². The van der Waals surface area contributed by atoms with Crippen molar-refractivity contribution in [2.24, 2.45) is 0 Å². The molecular formula is C27H19F6N5O. The number of aryl methyl sites for hydroxylation is 1. The molecule has 5 aromatic rings. The Morgan fingerprint density at radius 3 is 2.21 bits per heavy atom. The number of hydrogen-bond donors (Lipinski definition) is 0. The van der Waals surface area contributed by atoms with E-state index >= 15 is 0 Å². The van der Waals surface area contributed by atoms with Gasteiger partial charge in [-0.25, -0.2) is 0 Å². The molecule has 6 nitrogen and oxygen atoms in total. The van der Waals surface area contributed by atoms with Gasteiger partial charge >= 0.3 is 12.4 Å². The van der Waals surface area contributed by atoms with E-state index in [1.807, 2.05) is 31.2 Å². The van der Waals surface area contributed by atoms with Crippen molar-refractivity contribution in [2.45, 2.75) is 25.8 Å². The average Bonchev–Trinajstić information content (AvgIpc) is 3.37. The molecule has 0 N–H and O–H groups in total. The van der Waals surface area contributed by atoms with Crippen molar-refractivity contribution >= 4 is 22.5 Å². The number of fused-ring (bicyclic) bond motifs is 3. The molecule has 1 amide bonds. The SMILES string of the molecule is Cc1ccc(-c2c(C(=O)N(C)Cc3cc(C(F)(F)F)cc(C(F)(F)F)c3)n3cnnc3c3ncccc23)cc1. The van der Waals surface area contributed by atoms with E-state index in [0.29, 0.717) is 34.2 Å². The Morgan fingerprint density at radius 2 is 1.59 bits per heavy atom. The first-order valence-corrected chi connectivity index (χ1v) is 11.6. The lowest BCUT2D eigenvalue weighted by molar-refractivity contribution is -0.143. The molecule has 0 saturated carbocycles. The first-order valence-electron chi connectivity index (χ1n) is 11.6. The zero-order valence-corrected chi connectivity index (χ0v) is 20.5.